The number of aromatic amines is 1. The fourth-order valence-electron chi connectivity index (χ4n) is 4.39. The van der Waals surface area contributed by atoms with Crippen molar-refractivity contribution >= 4 is 23.0 Å². The molecule has 0 aromatic carbocycles. The van der Waals surface area contributed by atoms with Crippen LogP contribution in [-0.2, 0) is 12.8 Å². The number of likely N-dealkylation sites (tertiary alicyclic amines) is 1. The standard InChI is InChI=1S/C22H27N3O3S/c1-4-14-12-29-20(23-14)13-6-5-7-25(11-13)21(28)16-8-15-17(24-19(16)27)9-22(2,3)10-18(15)26/h8,12-13H,4-7,9-11H2,1-3H3,(H,24,27). The number of nitrogens with zero attached hydrogens (tertiary/aromatic N) is 2. The zero-order valence-electron chi connectivity index (χ0n) is 17.2. The van der Waals surface area contributed by atoms with E-state index in [0.29, 0.717) is 37.2 Å². The Morgan fingerprint density at radius 2 is 2.14 bits per heavy atom. The lowest BCUT2D eigenvalue weighted by Crippen LogP contribution is -2.42. The van der Waals surface area contributed by atoms with Crippen LogP contribution in [0.25, 0.3) is 0 Å². The molecule has 154 valence electrons. The number of ketones is 1. The number of amides is 1. The minimum absolute atomic E-state index is 0.00653. The molecule has 7 heteroatoms. The van der Waals surface area contributed by atoms with Crippen molar-refractivity contribution in [3.8, 4) is 0 Å². The molecule has 1 amide bonds. The fourth-order valence-corrected chi connectivity index (χ4v) is 5.42. The van der Waals surface area contributed by atoms with Gasteiger partial charge >= 0.3 is 0 Å². The Morgan fingerprint density at radius 3 is 2.86 bits per heavy atom. The third-order valence-electron chi connectivity index (χ3n) is 5.94. The summed E-state index contributed by atoms with van der Waals surface area (Å²) >= 11 is 1.65. The van der Waals surface area contributed by atoms with Crippen molar-refractivity contribution in [3.05, 3.63) is 49.3 Å². The highest BCUT2D eigenvalue weighted by molar-refractivity contribution is 7.09. The van der Waals surface area contributed by atoms with E-state index < -0.39 is 5.56 Å². The SMILES string of the molecule is CCc1csc(C2CCCN(C(=O)c3cc4c([nH]c3=O)CC(C)(C)CC4=O)C2)n1. The average Bonchev–Trinajstić information content (AvgIpc) is 3.15. The van der Waals surface area contributed by atoms with Gasteiger partial charge in [0, 0.05) is 42.1 Å². The van der Waals surface area contributed by atoms with Crippen LogP contribution in [0.5, 0.6) is 0 Å². The summed E-state index contributed by atoms with van der Waals surface area (Å²) in [4.78, 5) is 47.6. The number of rotatable bonds is 3. The Morgan fingerprint density at radius 1 is 1.34 bits per heavy atom. The number of aryl methyl sites for hydroxylation is 1. The van der Waals surface area contributed by atoms with Crippen molar-refractivity contribution in [1.82, 2.24) is 14.9 Å². The van der Waals surface area contributed by atoms with Crippen LogP contribution in [0.3, 0.4) is 0 Å². The van der Waals surface area contributed by atoms with Gasteiger partial charge in [-0.3, -0.25) is 14.4 Å². The van der Waals surface area contributed by atoms with Gasteiger partial charge in [0.1, 0.15) is 5.56 Å². The van der Waals surface area contributed by atoms with E-state index in [2.05, 4.69) is 22.3 Å². The van der Waals surface area contributed by atoms with E-state index in [0.717, 1.165) is 30.0 Å². The number of H-pyrrole nitrogens is 1. The molecule has 1 aliphatic heterocycles. The van der Waals surface area contributed by atoms with Crippen LogP contribution in [-0.4, -0.2) is 39.6 Å². The molecule has 6 nitrogen and oxygen atoms in total. The van der Waals surface area contributed by atoms with Crippen molar-refractivity contribution in [1.29, 1.82) is 0 Å². The molecule has 29 heavy (non-hydrogen) atoms. The van der Waals surface area contributed by atoms with Crippen LogP contribution < -0.4 is 5.56 Å². The molecule has 1 atom stereocenters. The third kappa shape index (κ3) is 3.92. The van der Waals surface area contributed by atoms with Gasteiger partial charge in [-0.05, 0) is 37.2 Å². The molecule has 0 spiro atoms. The van der Waals surface area contributed by atoms with Gasteiger partial charge in [-0.25, -0.2) is 4.98 Å². The van der Waals surface area contributed by atoms with Crippen molar-refractivity contribution in [3.63, 3.8) is 0 Å². The summed E-state index contributed by atoms with van der Waals surface area (Å²) in [5.41, 5.74) is 1.73. The van der Waals surface area contributed by atoms with Crippen LogP contribution in [0.2, 0.25) is 0 Å². The molecule has 1 fully saturated rings. The first-order valence-electron chi connectivity index (χ1n) is 10.3. The predicted octanol–water partition coefficient (Wildman–Crippen LogP) is 3.57. The highest BCUT2D eigenvalue weighted by atomic mass is 32.1. The number of pyridine rings is 1. The maximum absolute atomic E-state index is 13.2. The largest absolute Gasteiger partial charge is 0.338 e. The molecule has 4 rings (SSSR count). The van der Waals surface area contributed by atoms with Crippen LogP contribution in [0, 0.1) is 5.41 Å². The fraction of sp³-hybridized carbons (Fsp3) is 0.545. The molecule has 2 aromatic heterocycles. The van der Waals surface area contributed by atoms with E-state index in [4.69, 9.17) is 0 Å². The number of piperidine rings is 1. The average molecular weight is 414 g/mol. The molecular formula is C22H27N3O3S. The molecule has 0 saturated carbocycles. The van der Waals surface area contributed by atoms with E-state index in [1.807, 2.05) is 13.8 Å². The predicted molar refractivity (Wildman–Crippen MR) is 113 cm³/mol. The van der Waals surface area contributed by atoms with Gasteiger partial charge in [0.2, 0.25) is 0 Å². The Hall–Kier alpha value is -2.28. The van der Waals surface area contributed by atoms with Crippen LogP contribution in [0.1, 0.15) is 83.1 Å². The molecule has 0 radical (unpaired) electrons. The molecule has 1 unspecified atom stereocenters. The lowest BCUT2D eigenvalue weighted by atomic mass is 9.75. The molecule has 1 saturated heterocycles. The maximum atomic E-state index is 13.2. The van der Waals surface area contributed by atoms with Gasteiger partial charge < -0.3 is 9.88 Å². The molecule has 1 aliphatic carbocycles. The van der Waals surface area contributed by atoms with Gasteiger partial charge in [-0.2, -0.15) is 0 Å². The van der Waals surface area contributed by atoms with Crippen molar-refractivity contribution in [2.24, 2.45) is 5.41 Å². The highest BCUT2D eigenvalue weighted by Gasteiger charge is 2.34. The first-order chi connectivity index (χ1) is 13.8. The van der Waals surface area contributed by atoms with Crippen molar-refractivity contribution in [2.75, 3.05) is 13.1 Å². The maximum Gasteiger partial charge on any atom is 0.261 e. The van der Waals surface area contributed by atoms with Gasteiger partial charge in [-0.1, -0.05) is 20.8 Å². The summed E-state index contributed by atoms with van der Waals surface area (Å²) in [7, 11) is 0. The number of nitrogens with one attached hydrogen (secondary N) is 1. The number of thiazole rings is 1. The Balaban J connectivity index is 1.59. The second kappa shape index (κ2) is 7.52. The second-order valence-electron chi connectivity index (χ2n) is 8.97. The lowest BCUT2D eigenvalue weighted by molar-refractivity contribution is 0.0705. The summed E-state index contributed by atoms with van der Waals surface area (Å²) in [5, 5.41) is 3.15. The second-order valence-corrected chi connectivity index (χ2v) is 9.86. The number of aromatic nitrogens is 2. The number of Topliss-reactive ketones (excluding diaryl/α,β-unsaturated/α-hetero) is 1. The Labute approximate surface area is 174 Å². The summed E-state index contributed by atoms with van der Waals surface area (Å²) < 4.78 is 0. The Bertz CT molecular complexity index is 1020. The zero-order valence-corrected chi connectivity index (χ0v) is 18.0. The van der Waals surface area contributed by atoms with E-state index in [1.54, 1.807) is 16.2 Å². The molecule has 2 aromatic rings. The minimum atomic E-state index is -0.399. The topological polar surface area (TPSA) is 83.1 Å². The summed E-state index contributed by atoms with van der Waals surface area (Å²) in [6.45, 7) is 7.30. The van der Waals surface area contributed by atoms with Gasteiger partial charge in [0.25, 0.3) is 11.5 Å². The molecular weight excluding hydrogens is 386 g/mol. The summed E-state index contributed by atoms with van der Waals surface area (Å²) in [5.74, 6) is -0.0891. The number of carbonyl (C=O) groups excluding carboxylic acids is 2. The van der Waals surface area contributed by atoms with Crippen LogP contribution >= 0.6 is 11.3 Å². The highest BCUT2D eigenvalue weighted by Crippen LogP contribution is 2.34. The molecule has 2 aliphatic rings. The molecule has 1 N–H and O–H groups in total. The lowest BCUT2D eigenvalue weighted by Gasteiger charge is -2.32. The van der Waals surface area contributed by atoms with E-state index >= 15 is 0 Å². The van der Waals surface area contributed by atoms with Crippen molar-refractivity contribution < 1.29 is 9.59 Å². The first kappa shape index (κ1) is 20.0. The normalized spacial score (nSPS) is 21.1. The smallest absolute Gasteiger partial charge is 0.261 e. The minimum Gasteiger partial charge on any atom is -0.338 e. The zero-order chi connectivity index (χ0) is 20.8. The first-order valence-corrected chi connectivity index (χ1v) is 11.2. The number of carbonyl (C=O) groups is 2. The van der Waals surface area contributed by atoms with Crippen molar-refractivity contribution in [2.45, 2.75) is 58.8 Å². The molecule has 0 bridgehead atoms. The van der Waals surface area contributed by atoms with Gasteiger partial charge in [0.05, 0.1) is 10.7 Å². The third-order valence-corrected chi connectivity index (χ3v) is 6.99. The number of hydrogen-bond acceptors (Lipinski definition) is 5. The molecule has 3 heterocycles. The Kier molecular flexibility index (Phi) is 5.19. The number of hydrogen-bond donors (Lipinski definition) is 1. The van der Waals surface area contributed by atoms with Crippen LogP contribution in [0.15, 0.2) is 16.2 Å². The summed E-state index contributed by atoms with van der Waals surface area (Å²) in [6.07, 6.45) is 3.84. The monoisotopic (exact) mass is 413 g/mol. The van der Waals surface area contributed by atoms with Gasteiger partial charge in [0.15, 0.2) is 5.78 Å². The van der Waals surface area contributed by atoms with E-state index in [-0.39, 0.29) is 28.6 Å². The quantitative estimate of drug-likeness (QED) is 0.834. The van der Waals surface area contributed by atoms with E-state index in [1.165, 1.54) is 6.07 Å². The summed E-state index contributed by atoms with van der Waals surface area (Å²) in [6, 6.07) is 1.52. The van der Waals surface area contributed by atoms with Gasteiger partial charge in [-0.15, -0.1) is 11.3 Å². The number of fused-ring (bicyclic) bond motifs is 1. The van der Waals surface area contributed by atoms with E-state index in [9.17, 15) is 14.4 Å². The van der Waals surface area contributed by atoms with Crippen LogP contribution in [0.4, 0.5) is 0 Å².